The van der Waals surface area contributed by atoms with Gasteiger partial charge in [-0.2, -0.15) is 5.10 Å². The van der Waals surface area contributed by atoms with E-state index in [2.05, 4.69) is 20.5 Å². The molecule has 2 amide bonds. The molecular weight excluding hydrogens is 246 g/mol. The van der Waals surface area contributed by atoms with Crippen molar-refractivity contribution in [2.24, 2.45) is 0 Å². The highest BCUT2D eigenvalue weighted by Crippen LogP contribution is 2.20. The lowest BCUT2D eigenvalue weighted by molar-refractivity contribution is 0.0434. The Morgan fingerprint density at radius 2 is 2.37 bits per heavy atom. The second-order valence-electron chi connectivity index (χ2n) is 4.90. The normalized spacial score (nSPS) is 23.1. The summed E-state index contributed by atoms with van der Waals surface area (Å²) in [6, 6.07) is -0.00576. The summed E-state index contributed by atoms with van der Waals surface area (Å²) in [4.78, 5) is 17.7. The minimum Gasteiger partial charge on any atom is -0.379 e. The number of carbonyl (C=O) groups is 1. The molecule has 1 saturated carbocycles. The molecule has 7 heteroatoms. The highest BCUT2D eigenvalue weighted by molar-refractivity contribution is 5.74. The second-order valence-corrected chi connectivity index (χ2v) is 4.90. The molecule has 1 aromatic rings. The van der Waals surface area contributed by atoms with Gasteiger partial charge < -0.3 is 15.0 Å². The predicted octanol–water partition coefficient (Wildman–Crippen LogP) is 0.904. The number of nitrogens with one attached hydrogen (secondary N) is 2. The molecule has 0 aliphatic heterocycles. The molecule has 0 unspecified atom stereocenters. The zero-order chi connectivity index (χ0) is 13.7. The van der Waals surface area contributed by atoms with E-state index in [1.165, 1.54) is 12.7 Å². The number of methoxy groups -OCH3 is 1. The summed E-state index contributed by atoms with van der Waals surface area (Å²) in [5, 5.41) is 9.53. The Labute approximate surface area is 112 Å². The number of rotatable bonds is 4. The van der Waals surface area contributed by atoms with E-state index in [1.54, 1.807) is 19.1 Å². The maximum atomic E-state index is 12.1. The van der Waals surface area contributed by atoms with E-state index < -0.39 is 0 Å². The first-order chi connectivity index (χ1) is 9.20. The van der Waals surface area contributed by atoms with Gasteiger partial charge in [-0.15, -0.1) is 0 Å². The fourth-order valence-electron chi connectivity index (χ4n) is 2.42. The molecule has 0 radical (unpaired) electrons. The van der Waals surface area contributed by atoms with Gasteiger partial charge >= 0.3 is 6.03 Å². The van der Waals surface area contributed by atoms with E-state index in [-0.39, 0.29) is 18.2 Å². The fraction of sp³-hybridized carbons (Fsp3) is 0.750. The van der Waals surface area contributed by atoms with Crippen LogP contribution >= 0.6 is 0 Å². The molecule has 2 atom stereocenters. The smallest absolute Gasteiger partial charge is 0.317 e. The lowest BCUT2D eigenvalue weighted by Gasteiger charge is -2.32. The molecule has 2 N–H and O–H groups in total. The first kappa shape index (κ1) is 13.8. The predicted molar refractivity (Wildman–Crippen MR) is 69.4 cm³/mol. The van der Waals surface area contributed by atoms with Gasteiger partial charge in [0.1, 0.15) is 12.2 Å². The highest BCUT2D eigenvalue weighted by Gasteiger charge is 2.27. The van der Waals surface area contributed by atoms with Crippen molar-refractivity contribution in [3.8, 4) is 0 Å². The molecule has 2 rings (SSSR count). The van der Waals surface area contributed by atoms with E-state index in [9.17, 15) is 4.79 Å². The number of aromatic nitrogens is 3. The van der Waals surface area contributed by atoms with Gasteiger partial charge in [0, 0.05) is 14.2 Å². The van der Waals surface area contributed by atoms with Crippen LogP contribution in [-0.4, -0.2) is 52.4 Å². The van der Waals surface area contributed by atoms with Gasteiger partial charge in [0.15, 0.2) is 0 Å². The number of H-pyrrole nitrogens is 1. The quantitative estimate of drug-likeness (QED) is 0.849. The number of aromatic amines is 1. The summed E-state index contributed by atoms with van der Waals surface area (Å²) < 4.78 is 5.43. The van der Waals surface area contributed by atoms with Gasteiger partial charge in [-0.25, -0.2) is 9.78 Å². The van der Waals surface area contributed by atoms with Crippen molar-refractivity contribution in [3.05, 3.63) is 12.2 Å². The van der Waals surface area contributed by atoms with Crippen molar-refractivity contribution in [1.82, 2.24) is 25.4 Å². The van der Waals surface area contributed by atoms with E-state index in [1.807, 2.05) is 0 Å². The molecule has 0 bridgehead atoms. The number of hydrogen-bond donors (Lipinski definition) is 2. The van der Waals surface area contributed by atoms with Crippen molar-refractivity contribution in [3.63, 3.8) is 0 Å². The van der Waals surface area contributed by atoms with E-state index in [0.717, 1.165) is 19.3 Å². The number of amides is 2. The lowest BCUT2D eigenvalue weighted by atomic mass is 9.92. The SMILES string of the molecule is CO[C@@H]1CCCC[C@H]1NC(=O)N(C)Cc1ncn[nH]1. The van der Waals surface area contributed by atoms with Gasteiger partial charge in [0.2, 0.25) is 0 Å². The molecule has 106 valence electrons. The summed E-state index contributed by atoms with van der Waals surface area (Å²) >= 11 is 0. The second kappa shape index (κ2) is 6.51. The van der Waals surface area contributed by atoms with E-state index >= 15 is 0 Å². The minimum atomic E-state index is -0.106. The number of carbonyl (C=O) groups excluding carboxylic acids is 1. The number of urea groups is 1. The molecule has 19 heavy (non-hydrogen) atoms. The molecule has 1 heterocycles. The largest absolute Gasteiger partial charge is 0.379 e. The Balaban J connectivity index is 1.85. The Morgan fingerprint density at radius 3 is 3.05 bits per heavy atom. The van der Waals surface area contributed by atoms with Crippen LogP contribution in [-0.2, 0) is 11.3 Å². The standard InChI is InChI=1S/C12H21N5O2/c1-17(7-11-13-8-14-16-11)12(18)15-9-5-3-4-6-10(9)19-2/h8-10H,3-7H2,1-2H3,(H,15,18)(H,13,14,16)/t9-,10-/m1/s1. The molecule has 7 nitrogen and oxygen atoms in total. The number of hydrogen-bond acceptors (Lipinski definition) is 4. The van der Waals surface area contributed by atoms with E-state index in [4.69, 9.17) is 4.74 Å². The number of nitrogens with zero attached hydrogens (tertiary/aromatic N) is 3. The van der Waals surface area contributed by atoms with Crippen molar-refractivity contribution in [2.45, 2.75) is 44.4 Å². The van der Waals surface area contributed by atoms with Crippen LogP contribution in [0.3, 0.4) is 0 Å². The van der Waals surface area contributed by atoms with Crippen molar-refractivity contribution in [2.75, 3.05) is 14.2 Å². The summed E-state index contributed by atoms with van der Waals surface area (Å²) in [6.07, 6.45) is 5.84. The molecule has 1 aliphatic carbocycles. The van der Waals surface area contributed by atoms with E-state index in [0.29, 0.717) is 12.4 Å². The summed E-state index contributed by atoms with van der Waals surface area (Å²) in [6.45, 7) is 0.413. The van der Waals surface area contributed by atoms with Crippen LogP contribution in [0.25, 0.3) is 0 Å². The summed E-state index contributed by atoms with van der Waals surface area (Å²) in [5.74, 6) is 0.671. The van der Waals surface area contributed by atoms with Crippen molar-refractivity contribution < 1.29 is 9.53 Å². The molecule has 0 spiro atoms. The van der Waals surface area contributed by atoms with Gasteiger partial charge in [0.05, 0.1) is 18.7 Å². The lowest BCUT2D eigenvalue weighted by Crippen LogP contribution is -2.49. The minimum absolute atomic E-state index is 0.100. The van der Waals surface area contributed by atoms with Crippen LogP contribution in [0.2, 0.25) is 0 Å². The van der Waals surface area contributed by atoms with Gasteiger partial charge in [-0.05, 0) is 12.8 Å². The molecule has 1 fully saturated rings. The molecule has 0 saturated heterocycles. The molecule has 1 aromatic heterocycles. The van der Waals surface area contributed by atoms with Crippen molar-refractivity contribution >= 4 is 6.03 Å². The summed E-state index contributed by atoms with van der Waals surface area (Å²) in [5.41, 5.74) is 0. The maximum Gasteiger partial charge on any atom is 0.317 e. The monoisotopic (exact) mass is 267 g/mol. The first-order valence-electron chi connectivity index (χ1n) is 6.59. The third-order valence-electron chi connectivity index (χ3n) is 3.51. The third-order valence-corrected chi connectivity index (χ3v) is 3.51. The van der Waals surface area contributed by atoms with Gasteiger partial charge in [0.25, 0.3) is 0 Å². The Hall–Kier alpha value is -1.63. The van der Waals surface area contributed by atoms with Crippen LogP contribution < -0.4 is 5.32 Å². The third kappa shape index (κ3) is 3.66. The highest BCUT2D eigenvalue weighted by atomic mass is 16.5. The average Bonchev–Trinajstić information content (AvgIpc) is 2.92. The van der Waals surface area contributed by atoms with Crippen LogP contribution in [0.1, 0.15) is 31.5 Å². The van der Waals surface area contributed by atoms with Crippen LogP contribution in [0.4, 0.5) is 4.79 Å². The van der Waals surface area contributed by atoms with Crippen LogP contribution in [0.15, 0.2) is 6.33 Å². The van der Waals surface area contributed by atoms with Crippen molar-refractivity contribution in [1.29, 1.82) is 0 Å². The maximum absolute atomic E-state index is 12.1. The fourth-order valence-corrected chi connectivity index (χ4v) is 2.42. The zero-order valence-corrected chi connectivity index (χ0v) is 11.4. The van der Waals surface area contributed by atoms with Gasteiger partial charge in [-0.1, -0.05) is 12.8 Å². The van der Waals surface area contributed by atoms with Crippen LogP contribution in [0, 0.1) is 0 Å². The first-order valence-corrected chi connectivity index (χ1v) is 6.59. The summed E-state index contributed by atoms with van der Waals surface area (Å²) in [7, 11) is 3.44. The number of ether oxygens (including phenoxy) is 1. The molecular formula is C12H21N5O2. The Kier molecular flexibility index (Phi) is 4.73. The van der Waals surface area contributed by atoms with Gasteiger partial charge in [-0.3, -0.25) is 5.10 Å². The molecule has 1 aliphatic rings. The topological polar surface area (TPSA) is 83.1 Å². The zero-order valence-electron chi connectivity index (χ0n) is 11.4. The Morgan fingerprint density at radius 1 is 1.58 bits per heavy atom. The molecule has 0 aromatic carbocycles. The average molecular weight is 267 g/mol. The van der Waals surface area contributed by atoms with Crippen LogP contribution in [0.5, 0.6) is 0 Å². The Bertz CT molecular complexity index is 395.